The van der Waals surface area contributed by atoms with Gasteiger partial charge >= 0.3 is 5.97 Å². The number of carboxylic acid groups (broad SMARTS) is 1. The van der Waals surface area contributed by atoms with Crippen LogP contribution >= 0.6 is 34.7 Å². The van der Waals surface area contributed by atoms with Crippen LogP contribution in [0.15, 0.2) is 143 Å². The summed E-state index contributed by atoms with van der Waals surface area (Å²) in [5.74, 6) is -2.92. The number of hydrogen-bond donors (Lipinski definition) is 3. The molecule has 2 fully saturated rings. The molecule has 0 spiro atoms. The van der Waals surface area contributed by atoms with Gasteiger partial charge in [-0.1, -0.05) is 108 Å². The number of pyridine rings is 1. The largest absolute Gasteiger partial charge is 0.477 e. The summed E-state index contributed by atoms with van der Waals surface area (Å²) in [6.07, 6.45) is 3.39. The molecule has 3 amide bonds. The molecule has 13 nitrogen and oxygen atoms in total. The molecule has 3 aliphatic heterocycles. The zero-order chi connectivity index (χ0) is 39.7. The number of nitrogen functional groups attached to an aromatic ring is 1. The number of aliphatic carboxylic acids is 1. The van der Waals surface area contributed by atoms with Crippen LogP contribution in [0.25, 0.3) is 0 Å². The highest BCUT2D eigenvalue weighted by molar-refractivity contribution is 8.00. The summed E-state index contributed by atoms with van der Waals surface area (Å²) >= 11 is 8.61. The van der Waals surface area contributed by atoms with Crippen LogP contribution in [0.4, 0.5) is 10.8 Å². The lowest BCUT2D eigenvalue weighted by Gasteiger charge is -2.49. The Labute approximate surface area is 339 Å². The maximum atomic E-state index is 14.2. The predicted octanol–water partition coefficient (Wildman–Crippen LogP) is 5.59. The molecule has 2 saturated heterocycles. The fraction of sp³-hybridized carbons (Fsp3) is 0.146. The minimum absolute atomic E-state index is 0.126. The number of nitrogens with two attached hydrogens (primary N) is 1. The van der Waals surface area contributed by atoms with Gasteiger partial charge in [0.1, 0.15) is 22.8 Å². The number of anilines is 2. The number of carboxylic acids is 1. The molecule has 286 valence electrons. The predicted molar refractivity (Wildman–Crippen MR) is 217 cm³/mol. The minimum Gasteiger partial charge on any atom is -0.477 e. The fourth-order valence-corrected chi connectivity index (χ4v) is 9.20. The van der Waals surface area contributed by atoms with Gasteiger partial charge in [-0.25, -0.2) is 14.8 Å². The lowest BCUT2D eigenvalue weighted by molar-refractivity contribution is -0.150. The Hall–Kier alpha value is -6.29. The van der Waals surface area contributed by atoms with E-state index in [4.69, 9.17) is 22.2 Å². The van der Waals surface area contributed by atoms with Gasteiger partial charge in [-0.2, -0.15) is 0 Å². The van der Waals surface area contributed by atoms with Crippen molar-refractivity contribution in [1.82, 2.24) is 20.2 Å². The van der Waals surface area contributed by atoms with Crippen molar-refractivity contribution in [3.8, 4) is 0 Å². The molecule has 0 unspecified atom stereocenters. The van der Waals surface area contributed by atoms with Crippen LogP contribution < -0.4 is 16.0 Å². The van der Waals surface area contributed by atoms with Crippen LogP contribution in [0.5, 0.6) is 0 Å². The topological polar surface area (TPSA) is 180 Å². The number of benzene rings is 3. The zero-order valence-corrected chi connectivity index (χ0v) is 32.2. The van der Waals surface area contributed by atoms with Gasteiger partial charge in [-0.15, -0.1) is 23.1 Å². The van der Waals surface area contributed by atoms with Gasteiger partial charge in [-0.05, 0) is 30.2 Å². The van der Waals surface area contributed by atoms with E-state index in [1.165, 1.54) is 28.9 Å². The Morgan fingerprint density at radius 2 is 1.60 bits per heavy atom. The number of thioether (sulfide) groups is 1. The summed E-state index contributed by atoms with van der Waals surface area (Å²) in [6.45, 7) is 0.333. The van der Waals surface area contributed by atoms with E-state index in [9.17, 15) is 24.3 Å². The van der Waals surface area contributed by atoms with Crippen molar-refractivity contribution >= 4 is 74.9 Å². The quantitative estimate of drug-likeness (QED) is 0.0380. The van der Waals surface area contributed by atoms with Gasteiger partial charge in [0.25, 0.3) is 17.7 Å². The number of thiazole rings is 1. The van der Waals surface area contributed by atoms with Crippen LogP contribution in [0.1, 0.15) is 28.8 Å². The highest BCUT2D eigenvalue weighted by Gasteiger charge is 2.54. The number of fused-ring (bicyclic) bond motifs is 1. The molecule has 2 aromatic heterocycles. The summed E-state index contributed by atoms with van der Waals surface area (Å²) in [5.41, 5.74) is 7.65. The SMILES string of the molecule is Nc1nc(C(=NOC(c2ccccc2)(c2ccccc2)c2ccccc2)C(=O)N[C@@H]2C(=O)N3C(C(=O)O)=C(C=C4CCN(c5cccnc5Cl)C4=O)CS[C@H]23)cs1. The number of hydrogen-bond acceptors (Lipinski definition) is 11. The normalized spacial score (nSPS) is 19.0. The Kier molecular flexibility index (Phi) is 10.4. The van der Waals surface area contributed by atoms with Gasteiger partial charge in [0, 0.05) is 46.1 Å². The monoisotopic (exact) mass is 817 g/mol. The smallest absolute Gasteiger partial charge is 0.352 e. The van der Waals surface area contributed by atoms with Gasteiger partial charge in [-0.3, -0.25) is 19.3 Å². The van der Waals surface area contributed by atoms with Crippen molar-refractivity contribution in [2.75, 3.05) is 22.9 Å². The molecule has 0 bridgehead atoms. The van der Waals surface area contributed by atoms with E-state index in [1.807, 2.05) is 91.0 Å². The number of amides is 3. The third-order valence-corrected chi connectivity index (χ3v) is 12.1. The maximum Gasteiger partial charge on any atom is 0.352 e. The summed E-state index contributed by atoms with van der Waals surface area (Å²) in [5, 5.41) is 18.8. The molecule has 2 atom stereocenters. The summed E-state index contributed by atoms with van der Waals surface area (Å²) in [7, 11) is 0. The summed E-state index contributed by atoms with van der Waals surface area (Å²) < 4.78 is 0. The molecular formula is C41H32ClN7O6S2. The second kappa shape index (κ2) is 15.7. The molecular weight excluding hydrogens is 786 g/mol. The molecule has 8 rings (SSSR count). The Bertz CT molecular complexity index is 2380. The van der Waals surface area contributed by atoms with E-state index in [-0.39, 0.29) is 39.0 Å². The Morgan fingerprint density at radius 3 is 2.16 bits per heavy atom. The van der Waals surface area contributed by atoms with Gasteiger partial charge in [0.15, 0.2) is 16.0 Å². The highest BCUT2D eigenvalue weighted by atomic mass is 35.5. The van der Waals surface area contributed by atoms with Gasteiger partial charge in [0.2, 0.25) is 5.60 Å². The minimum atomic E-state index is -1.34. The fourth-order valence-electron chi connectivity index (χ4n) is 7.12. The second-order valence-electron chi connectivity index (χ2n) is 13.1. The van der Waals surface area contributed by atoms with Crippen molar-refractivity contribution in [2.45, 2.75) is 23.4 Å². The first-order valence-corrected chi connectivity index (χ1v) is 20.0. The number of nitrogens with zero attached hydrogens (tertiary/aromatic N) is 5. The first kappa shape index (κ1) is 37.6. The van der Waals surface area contributed by atoms with Crippen LogP contribution in [0, 0.1) is 0 Å². The third kappa shape index (κ3) is 6.94. The van der Waals surface area contributed by atoms with Gasteiger partial charge < -0.3 is 25.9 Å². The van der Waals surface area contributed by atoms with Crippen molar-refractivity contribution in [1.29, 1.82) is 0 Å². The Balaban J connectivity index is 1.10. The lowest BCUT2D eigenvalue weighted by Crippen LogP contribution is -2.71. The molecule has 16 heteroatoms. The first-order chi connectivity index (χ1) is 27.7. The molecule has 5 heterocycles. The van der Waals surface area contributed by atoms with E-state index in [2.05, 4.69) is 20.4 Å². The van der Waals surface area contributed by atoms with E-state index in [0.29, 0.717) is 29.8 Å². The third-order valence-electron chi connectivity index (χ3n) is 9.78. The molecule has 0 aliphatic carbocycles. The molecule has 0 saturated carbocycles. The van der Waals surface area contributed by atoms with Crippen LogP contribution in [0.3, 0.4) is 0 Å². The number of rotatable bonds is 11. The number of carbonyl (C=O) groups is 4. The first-order valence-electron chi connectivity index (χ1n) is 17.7. The molecule has 5 aromatic rings. The van der Waals surface area contributed by atoms with Crippen molar-refractivity contribution in [3.63, 3.8) is 0 Å². The van der Waals surface area contributed by atoms with Crippen LogP contribution in [-0.2, 0) is 29.6 Å². The maximum absolute atomic E-state index is 14.2. The highest BCUT2D eigenvalue weighted by Crippen LogP contribution is 2.43. The zero-order valence-electron chi connectivity index (χ0n) is 29.8. The van der Waals surface area contributed by atoms with Gasteiger partial charge in [0.05, 0.1) is 5.69 Å². The molecule has 0 radical (unpaired) electrons. The van der Waals surface area contributed by atoms with Crippen LogP contribution in [-0.4, -0.2) is 73.1 Å². The molecule has 3 aliphatic rings. The summed E-state index contributed by atoms with van der Waals surface area (Å²) in [4.78, 5) is 71.7. The van der Waals surface area contributed by atoms with E-state index < -0.39 is 34.8 Å². The second-order valence-corrected chi connectivity index (χ2v) is 15.5. The van der Waals surface area contributed by atoms with E-state index in [0.717, 1.165) is 32.9 Å². The molecule has 57 heavy (non-hydrogen) atoms. The number of carbonyl (C=O) groups excluding carboxylic acids is 3. The lowest BCUT2D eigenvalue weighted by atomic mass is 9.80. The standard InChI is InChI=1S/C41H32ClN7O6S2/c42-34-30(17-10-19-44-34)48-20-18-24(36(48)51)21-25-22-56-38-32(37(52)49(38)33(25)39(53)54)46-35(50)31(29-23-57-40(43)45-29)47-55-41(26-11-4-1-5-12-26,27-13-6-2-7-14-27)28-15-8-3-9-16-28/h1-17,19,21,23,32,38H,18,20,22H2,(H2,43,45)(H,46,50)(H,53,54)/t32-,38-/m1/s1. The number of aromatic nitrogens is 2. The van der Waals surface area contributed by atoms with E-state index in [1.54, 1.807) is 17.5 Å². The number of β-lactam (4-membered cyclic amide) rings is 1. The number of oxime groups is 1. The number of halogens is 1. The van der Waals surface area contributed by atoms with Crippen molar-refractivity contribution < 1.29 is 29.1 Å². The van der Waals surface area contributed by atoms with E-state index >= 15 is 0 Å². The average molecular weight is 818 g/mol. The summed E-state index contributed by atoms with van der Waals surface area (Å²) in [6, 6.07) is 30.7. The average Bonchev–Trinajstić information content (AvgIpc) is 3.83. The Morgan fingerprint density at radius 1 is 0.965 bits per heavy atom. The number of nitrogens with one attached hydrogen (secondary N) is 1. The molecule has 3 aromatic carbocycles. The molecule has 4 N–H and O–H groups in total. The van der Waals surface area contributed by atoms with Crippen molar-refractivity contribution in [3.05, 3.63) is 165 Å². The number of allylic oxidation sites excluding steroid dienone is 1. The van der Waals surface area contributed by atoms with Crippen molar-refractivity contribution in [2.24, 2.45) is 5.16 Å². The van der Waals surface area contributed by atoms with Crippen LogP contribution in [0.2, 0.25) is 5.15 Å².